The van der Waals surface area contributed by atoms with Gasteiger partial charge in [-0.3, -0.25) is 14.4 Å². The average Bonchev–Trinajstić information content (AvgIpc) is 0.841. The van der Waals surface area contributed by atoms with Crippen molar-refractivity contribution in [3.05, 3.63) is 69.7 Å². The van der Waals surface area contributed by atoms with Crippen LogP contribution in [0.15, 0.2) is 48.5 Å². The predicted molar refractivity (Wildman–Crippen MR) is 503 cm³/mol. The van der Waals surface area contributed by atoms with Crippen molar-refractivity contribution < 1.29 is 195 Å². The van der Waals surface area contributed by atoms with Crippen LogP contribution in [0.2, 0.25) is 10.0 Å². The molecule has 3 N–H and O–H groups in total. The zero-order valence-corrected chi connectivity index (χ0v) is 83.4. The fourth-order valence-corrected chi connectivity index (χ4v) is 11.2. The number of benzene rings is 2. The highest BCUT2D eigenvalue weighted by Crippen LogP contribution is 2.26. The number of carboxylic acids is 1. The van der Waals surface area contributed by atoms with Crippen LogP contribution in [0.5, 0.6) is 0 Å². The molecular weight excluding hydrogens is 1870 g/mol. The molecule has 0 aromatic heterocycles. The summed E-state index contributed by atoms with van der Waals surface area (Å²) in [5.74, 6) is -2.27. The molecule has 45 heteroatoms. The molecule has 2 amide bonds. The zero-order chi connectivity index (χ0) is 98.5. The molecule has 2 rings (SSSR count). The molecule has 0 spiro atoms. The van der Waals surface area contributed by atoms with Crippen molar-refractivity contribution in [3.8, 4) is 0 Å². The van der Waals surface area contributed by atoms with Crippen LogP contribution in [-0.4, -0.2) is 512 Å². The van der Waals surface area contributed by atoms with Crippen molar-refractivity contribution in [1.29, 1.82) is 0 Å². The minimum Gasteiger partial charge on any atom is -0.481 e. The van der Waals surface area contributed by atoms with E-state index in [4.69, 9.17) is 198 Å². The van der Waals surface area contributed by atoms with Crippen molar-refractivity contribution in [2.75, 3.05) is 483 Å². The second-order valence-electron chi connectivity index (χ2n) is 28.7. The number of rotatable bonds is 118. The number of halogens is 2. The van der Waals surface area contributed by atoms with Gasteiger partial charge in [0.25, 0.3) is 0 Å². The lowest BCUT2D eigenvalue weighted by atomic mass is 10.0. The van der Waals surface area contributed by atoms with Gasteiger partial charge in [0.15, 0.2) is 0 Å². The summed E-state index contributed by atoms with van der Waals surface area (Å²) in [7, 11) is 1.64. The number of hydrogen-bond acceptors (Lipinski definition) is 40. The number of ether oxygens (including phenoxy) is 37. The van der Waals surface area contributed by atoms with Gasteiger partial charge in [0, 0.05) is 23.6 Å². The van der Waals surface area contributed by atoms with Crippen LogP contribution < -0.4 is 10.6 Å². The molecule has 2 aromatic carbocycles. The summed E-state index contributed by atoms with van der Waals surface area (Å²) < 4.78 is 204. The van der Waals surface area contributed by atoms with E-state index in [1.54, 1.807) is 7.11 Å². The number of carbonyl (C=O) groups is 3. The van der Waals surface area contributed by atoms with Gasteiger partial charge in [0.05, 0.1) is 495 Å². The Morgan fingerprint density at radius 1 is 0.246 bits per heavy atom. The molecule has 0 unspecified atom stereocenters. The first kappa shape index (κ1) is 130. The van der Waals surface area contributed by atoms with Crippen LogP contribution in [0, 0.1) is 0 Å². The molecule has 2 aromatic rings. The molecule has 0 aliphatic rings. The van der Waals surface area contributed by atoms with E-state index in [0.29, 0.717) is 455 Å². The van der Waals surface area contributed by atoms with Crippen LogP contribution in [0.3, 0.4) is 0 Å². The highest BCUT2D eigenvalue weighted by atomic mass is 35.5. The fourth-order valence-electron chi connectivity index (χ4n) is 10.7. The highest BCUT2D eigenvalue weighted by Gasteiger charge is 2.27. The fraction of sp³-hybridized carbons (Fsp3) is 0.839. The zero-order valence-electron chi connectivity index (χ0n) is 81.8. The smallest absolute Gasteiger partial charge is 0.305 e. The van der Waals surface area contributed by atoms with Gasteiger partial charge in [0.1, 0.15) is 6.04 Å². The minimum atomic E-state index is -1.16. The Morgan fingerprint density at radius 3 is 0.609 bits per heavy atom. The predicted octanol–water partition coefficient (Wildman–Crippen LogP) is 3.94. The molecule has 0 heterocycles. The standard InChI is InChI=1S/C93H166Cl2N2O41/c1-102-9-10-104-13-14-106-17-18-108-21-22-110-25-26-112-29-30-114-33-34-116-37-38-118-41-42-120-45-46-122-49-50-124-53-54-126-57-58-128-61-62-130-65-66-132-69-70-134-73-74-136-77-78-137-76-75-135-72-71-133-68-67-131-64-63-129-60-59-127-56-55-125-52-51-123-48-47-121-44-43-119-40-39-117-36-35-115-32-31-113-28-27-111-24-23-109-20-19-107-16-15-105-12-11-103-8-7-91(98)96-90(84-138-83-85-5-3-2-4-6-85)93(101)97-89(82-92(99)100)86-79-87(94)81-88(95)80-86/h2-6,79-81,89-90H,7-78,82-84H2,1H3,(H,96,98)(H,97,101)(H,99,100)/t89-,90-/m0/s1. The van der Waals surface area contributed by atoms with E-state index in [1.807, 2.05) is 30.3 Å². The monoisotopic (exact) mass is 2040 g/mol. The van der Waals surface area contributed by atoms with Gasteiger partial charge in [-0.25, -0.2) is 0 Å². The Bertz CT molecular complexity index is 2770. The maximum absolute atomic E-state index is 13.5. The van der Waals surface area contributed by atoms with E-state index in [-0.39, 0.29) is 49.5 Å². The molecule has 808 valence electrons. The molecule has 0 saturated heterocycles. The normalized spacial score (nSPS) is 12.1. The third-order valence-corrected chi connectivity index (χ3v) is 18.0. The van der Waals surface area contributed by atoms with Crippen LogP contribution in [0.4, 0.5) is 0 Å². The average molecular weight is 2040 g/mol. The number of methoxy groups -OCH3 is 1. The van der Waals surface area contributed by atoms with E-state index < -0.39 is 36.3 Å². The number of aliphatic carboxylic acids is 1. The van der Waals surface area contributed by atoms with E-state index in [2.05, 4.69) is 10.6 Å². The van der Waals surface area contributed by atoms with Gasteiger partial charge < -0.3 is 191 Å². The van der Waals surface area contributed by atoms with Gasteiger partial charge in [-0.05, 0) is 29.3 Å². The minimum absolute atomic E-state index is 0.0491. The first-order valence-corrected chi connectivity index (χ1v) is 48.6. The van der Waals surface area contributed by atoms with Gasteiger partial charge in [-0.2, -0.15) is 0 Å². The Kier molecular flexibility index (Phi) is 104. The second-order valence-corrected chi connectivity index (χ2v) is 29.5. The van der Waals surface area contributed by atoms with Crippen LogP contribution in [0.25, 0.3) is 0 Å². The SMILES string of the molecule is COCCOCCOCCOCCOCCOCCOCCOCCOCCOCCOCCOCCOCCOCCOCCOCCOCCOCCOCCOCCOCCOCCOCCOCCOCCOCCOCCOCCOCCOCCOCCOCCOCCOCCOCCOCCC(=O)N[C@@H](COCc1ccccc1)C(=O)N[C@@H](CC(=O)O)c1cc(Cl)cc(Cl)c1. The van der Waals surface area contributed by atoms with E-state index >= 15 is 0 Å². The molecule has 0 saturated carbocycles. The summed E-state index contributed by atoms with van der Waals surface area (Å²) in [5, 5.41) is 15.5. The number of amides is 2. The molecule has 43 nitrogen and oxygen atoms in total. The largest absolute Gasteiger partial charge is 0.481 e. The molecule has 0 bridgehead atoms. The van der Waals surface area contributed by atoms with Crippen molar-refractivity contribution in [3.63, 3.8) is 0 Å². The van der Waals surface area contributed by atoms with E-state index in [0.717, 1.165) is 5.56 Å². The molecule has 138 heavy (non-hydrogen) atoms. The number of carbonyl (C=O) groups excluding carboxylic acids is 2. The first-order valence-electron chi connectivity index (χ1n) is 47.9. The second kappa shape index (κ2) is 110. The molecule has 2 atom stereocenters. The van der Waals surface area contributed by atoms with Gasteiger partial charge in [-0.1, -0.05) is 53.5 Å². The molecular formula is C93H166Cl2N2O41. The lowest BCUT2D eigenvalue weighted by Crippen LogP contribution is -2.50. The van der Waals surface area contributed by atoms with Crippen molar-refractivity contribution >= 4 is 41.0 Å². The molecule has 0 aliphatic carbocycles. The topological polar surface area (TPSA) is 437 Å². The third kappa shape index (κ3) is 99.3. The summed E-state index contributed by atoms with van der Waals surface area (Å²) in [6.07, 6.45) is -0.502. The van der Waals surface area contributed by atoms with Crippen LogP contribution in [-0.2, 0) is 196 Å². The van der Waals surface area contributed by atoms with E-state index in [1.165, 1.54) is 18.2 Å². The molecule has 0 radical (unpaired) electrons. The van der Waals surface area contributed by atoms with Crippen LogP contribution in [0.1, 0.15) is 30.0 Å². The van der Waals surface area contributed by atoms with E-state index in [9.17, 15) is 19.5 Å². The maximum Gasteiger partial charge on any atom is 0.305 e. The van der Waals surface area contributed by atoms with Gasteiger partial charge in [-0.15, -0.1) is 0 Å². The number of hydrogen-bond donors (Lipinski definition) is 3. The lowest BCUT2D eigenvalue weighted by Gasteiger charge is -2.23. The number of carboxylic acid groups (broad SMARTS) is 1. The summed E-state index contributed by atoms with van der Waals surface area (Å²) in [6.45, 7) is 32.5. The number of nitrogens with one attached hydrogen (secondary N) is 2. The quantitative estimate of drug-likeness (QED) is 0.0789. The summed E-state index contributed by atoms with van der Waals surface area (Å²) >= 11 is 12.3. The Balaban J connectivity index is 1.13. The highest BCUT2D eigenvalue weighted by molar-refractivity contribution is 6.34. The van der Waals surface area contributed by atoms with Crippen molar-refractivity contribution in [2.24, 2.45) is 0 Å². The van der Waals surface area contributed by atoms with Crippen molar-refractivity contribution in [1.82, 2.24) is 10.6 Å². The summed E-state index contributed by atoms with van der Waals surface area (Å²) in [5.41, 5.74) is 1.26. The Morgan fingerprint density at radius 2 is 0.428 bits per heavy atom. The molecule has 0 aliphatic heterocycles. The summed E-state index contributed by atoms with van der Waals surface area (Å²) in [6, 6.07) is 11.7. The van der Waals surface area contributed by atoms with Gasteiger partial charge >= 0.3 is 5.97 Å². The van der Waals surface area contributed by atoms with Crippen LogP contribution >= 0.6 is 23.2 Å². The van der Waals surface area contributed by atoms with Crippen molar-refractivity contribution in [2.45, 2.75) is 31.5 Å². The summed E-state index contributed by atoms with van der Waals surface area (Å²) in [4.78, 5) is 38.2. The maximum atomic E-state index is 13.5. The first-order chi connectivity index (χ1) is 68.3. The van der Waals surface area contributed by atoms with Gasteiger partial charge in [0.2, 0.25) is 11.8 Å². The lowest BCUT2D eigenvalue weighted by molar-refractivity contribution is -0.138. The third-order valence-electron chi connectivity index (χ3n) is 17.6. The Hall–Kier alpha value is -4.05. The Labute approximate surface area is 826 Å². The molecule has 0 fully saturated rings.